The smallest absolute Gasteiger partial charge is 0.255 e. The Kier molecular flexibility index (Phi) is 4.22. The third-order valence-electron chi connectivity index (χ3n) is 3.07. The first-order valence-corrected chi connectivity index (χ1v) is 7.15. The van der Waals surface area contributed by atoms with E-state index in [9.17, 15) is 4.79 Å². The van der Waals surface area contributed by atoms with Crippen molar-refractivity contribution in [3.63, 3.8) is 0 Å². The predicted molar refractivity (Wildman–Crippen MR) is 74.9 cm³/mol. The van der Waals surface area contributed by atoms with E-state index < -0.39 is 0 Å². The summed E-state index contributed by atoms with van der Waals surface area (Å²) >= 11 is 6.80. The first kappa shape index (κ1) is 13.1. The molecule has 1 aromatic rings. The van der Waals surface area contributed by atoms with Crippen molar-refractivity contribution in [2.45, 2.75) is 6.42 Å². The molecule has 0 bridgehead atoms. The molecule has 1 saturated heterocycles. The van der Waals surface area contributed by atoms with Gasteiger partial charge in [-0.15, -0.1) is 0 Å². The second kappa shape index (κ2) is 5.50. The van der Waals surface area contributed by atoms with Gasteiger partial charge in [-0.05, 0) is 53.0 Å². The van der Waals surface area contributed by atoms with Crippen molar-refractivity contribution in [2.24, 2.45) is 11.7 Å². The van der Waals surface area contributed by atoms with Crippen LogP contribution in [0.5, 0.6) is 0 Å². The molecule has 17 heavy (non-hydrogen) atoms. The Bertz CT molecular complexity index is 437. The van der Waals surface area contributed by atoms with Crippen LogP contribution in [0.2, 0.25) is 0 Å². The van der Waals surface area contributed by atoms with Crippen molar-refractivity contribution in [3.05, 3.63) is 32.7 Å². The summed E-state index contributed by atoms with van der Waals surface area (Å²) in [5.41, 5.74) is 6.34. The molecule has 1 heterocycles. The van der Waals surface area contributed by atoms with Gasteiger partial charge >= 0.3 is 0 Å². The van der Waals surface area contributed by atoms with Crippen molar-refractivity contribution in [2.75, 3.05) is 19.6 Å². The molecule has 0 saturated carbocycles. The van der Waals surface area contributed by atoms with Crippen LogP contribution < -0.4 is 5.73 Å². The van der Waals surface area contributed by atoms with Gasteiger partial charge in [-0.3, -0.25) is 4.79 Å². The van der Waals surface area contributed by atoms with Crippen molar-refractivity contribution >= 4 is 37.8 Å². The summed E-state index contributed by atoms with van der Waals surface area (Å²) in [6, 6.07) is 5.62. The molecular formula is C12H14Br2N2O. The summed E-state index contributed by atoms with van der Waals surface area (Å²) in [5.74, 6) is 0.536. The number of nitrogens with two attached hydrogens (primary N) is 1. The second-order valence-electron chi connectivity index (χ2n) is 4.27. The number of hydrogen-bond acceptors (Lipinski definition) is 2. The summed E-state index contributed by atoms with van der Waals surface area (Å²) in [6.07, 6.45) is 1.01. The van der Waals surface area contributed by atoms with E-state index in [0.29, 0.717) is 18.0 Å². The number of hydrogen-bond donors (Lipinski definition) is 1. The Morgan fingerprint density at radius 3 is 2.82 bits per heavy atom. The van der Waals surface area contributed by atoms with Crippen LogP contribution in [-0.2, 0) is 0 Å². The van der Waals surface area contributed by atoms with Crippen LogP contribution in [0.15, 0.2) is 27.1 Å². The highest BCUT2D eigenvalue weighted by Gasteiger charge is 2.26. The summed E-state index contributed by atoms with van der Waals surface area (Å²) in [7, 11) is 0. The van der Waals surface area contributed by atoms with Crippen molar-refractivity contribution in [1.29, 1.82) is 0 Å². The third kappa shape index (κ3) is 2.89. The van der Waals surface area contributed by atoms with Gasteiger partial charge in [-0.2, -0.15) is 0 Å². The summed E-state index contributed by atoms with van der Waals surface area (Å²) in [5, 5.41) is 0. The normalized spacial score (nSPS) is 19.7. The van der Waals surface area contributed by atoms with Gasteiger partial charge in [0.05, 0.1) is 5.56 Å². The van der Waals surface area contributed by atoms with Crippen LogP contribution in [0.1, 0.15) is 16.8 Å². The fourth-order valence-electron chi connectivity index (χ4n) is 2.04. The molecule has 1 aromatic carbocycles. The van der Waals surface area contributed by atoms with Gasteiger partial charge in [0.25, 0.3) is 5.91 Å². The van der Waals surface area contributed by atoms with Gasteiger partial charge in [0.1, 0.15) is 0 Å². The Labute approximate surface area is 118 Å². The quantitative estimate of drug-likeness (QED) is 0.880. The molecule has 0 aromatic heterocycles. The van der Waals surface area contributed by atoms with Gasteiger partial charge in [-0.25, -0.2) is 0 Å². The van der Waals surface area contributed by atoms with E-state index in [1.807, 2.05) is 23.1 Å². The van der Waals surface area contributed by atoms with Crippen LogP contribution in [0, 0.1) is 5.92 Å². The molecule has 1 fully saturated rings. The first-order chi connectivity index (χ1) is 8.11. The first-order valence-electron chi connectivity index (χ1n) is 5.56. The summed E-state index contributed by atoms with van der Waals surface area (Å²) in [6.45, 7) is 2.24. The third-order valence-corrected chi connectivity index (χ3v) is 4.22. The van der Waals surface area contributed by atoms with Crippen LogP contribution in [-0.4, -0.2) is 30.4 Å². The lowest BCUT2D eigenvalue weighted by Crippen LogP contribution is -2.30. The molecule has 1 unspecified atom stereocenters. The number of carbonyl (C=O) groups excluding carboxylic acids is 1. The highest BCUT2D eigenvalue weighted by Crippen LogP contribution is 2.25. The van der Waals surface area contributed by atoms with Crippen LogP contribution in [0.25, 0.3) is 0 Å². The molecule has 1 atom stereocenters. The van der Waals surface area contributed by atoms with Gasteiger partial charge in [-0.1, -0.05) is 15.9 Å². The Hall–Kier alpha value is -0.390. The SMILES string of the molecule is NCC1CCN(C(=O)c2ccc(Br)cc2Br)C1. The highest BCUT2D eigenvalue weighted by atomic mass is 79.9. The van der Waals surface area contributed by atoms with Gasteiger partial charge in [0.15, 0.2) is 0 Å². The molecular weight excluding hydrogens is 348 g/mol. The average molecular weight is 362 g/mol. The van der Waals surface area contributed by atoms with Crippen molar-refractivity contribution in [1.82, 2.24) is 4.90 Å². The van der Waals surface area contributed by atoms with Crippen LogP contribution in [0.4, 0.5) is 0 Å². The molecule has 92 valence electrons. The summed E-state index contributed by atoms with van der Waals surface area (Å²) < 4.78 is 1.79. The molecule has 1 amide bonds. The number of benzene rings is 1. The molecule has 0 aliphatic carbocycles. The maximum Gasteiger partial charge on any atom is 0.255 e. The van der Waals surface area contributed by atoms with Gasteiger partial charge in [0, 0.05) is 22.0 Å². The topological polar surface area (TPSA) is 46.3 Å². The minimum atomic E-state index is 0.0836. The maximum atomic E-state index is 12.3. The van der Waals surface area contributed by atoms with Gasteiger partial charge < -0.3 is 10.6 Å². The largest absolute Gasteiger partial charge is 0.338 e. The number of carbonyl (C=O) groups is 1. The minimum absolute atomic E-state index is 0.0836. The van der Waals surface area contributed by atoms with Crippen LogP contribution in [0.3, 0.4) is 0 Å². The molecule has 1 aliphatic rings. The minimum Gasteiger partial charge on any atom is -0.338 e. The van der Waals surface area contributed by atoms with E-state index in [0.717, 1.165) is 28.5 Å². The Balaban J connectivity index is 2.15. The molecule has 3 nitrogen and oxygen atoms in total. The molecule has 2 rings (SSSR count). The zero-order chi connectivity index (χ0) is 12.4. The van der Waals surface area contributed by atoms with Crippen molar-refractivity contribution in [3.8, 4) is 0 Å². The zero-order valence-corrected chi connectivity index (χ0v) is 12.5. The number of halogens is 2. The fourth-order valence-corrected chi connectivity index (χ4v) is 3.26. The summed E-state index contributed by atoms with van der Waals surface area (Å²) in [4.78, 5) is 14.2. The van der Waals surface area contributed by atoms with E-state index in [1.165, 1.54) is 0 Å². The lowest BCUT2D eigenvalue weighted by Gasteiger charge is -2.17. The standard InChI is InChI=1S/C12H14Br2N2O/c13-9-1-2-10(11(14)5-9)12(17)16-4-3-8(6-15)7-16/h1-2,5,8H,3-4,6-7,15H2. The number of rotatable bonds is 2. The average Bonchev–Trinajstić information content (AvgIpc) is 2.76. The van der Waals surface area contributed by atoms with E-state index >= 15 is 0 Å². The predicted octanol–water partition coefficient (Wildman–Crippen LogP) is 2.63. The van der Waals surface area contributed by atoms with E-state index in [2.05, 4.69) is 31.9 Å². The maximum absolute atomic E-state index is 12.3. The monoisotopic (exact) mass is 360 g/mol. The number of amides is 1. The van der Waals surface area contributed by atoms with Gasteiger partial charge in [0.2, 0.25) is 0 Å². The highest BCUT2D eigenvalue weighted by molar-refractivity contribution is 9.11. The lowest BCUT2D eigenvalue weighted by molar-refractivity contribution is 0.0787. The Morgan fingerprint density at radius 1 is 1.47 bits per heavy atom. The van der Waals surface area contributed by atoms with Crippen LogP contribution >= 0.6 is 31.9 Å². The number of nitrogens with zero attached hydrogens (tertiary/aromatic N) is 1. The Morgan fingerprint density at radius 2 is 2.24 bits per heavy atom. The van der Waals surface area contributed by atoms with E-state index in [-0.39, 0.29) is 5.91 Å². The number of likely N-dealkylation sites (tertiary alicyclic amines) is 1. The second-order valence-corrected chi connectivity index (χ2v) is 6.04. The van der Waals surface area contributed by atoms with Crippen molar-refractivity contribution < 1.29 is 4.79 Å². The zero-order valence-electron chi connectivity index (χ0n) is 9.33. The van der Waals surface area contributed by atoms with E-state index in [4.69, 9.17) is 5.73 Å². The lowest BCUT2D eigenvalue weighted by atomic mass is 10.1. The molecule has 1 aliphatic heterocycles. The molecule has 2 N–H and O–H groups in total. The fraction of sp³-hybridized carbons (Fsp3) is 0.417. The molecule has 0 radical (unpaired) electrons. The molecule has 0 spiro atoms. The molecule has 5 heteroatoms. The van der Waals surface area contributed by atoms with E-state index in [1.54, 1.807) is 0 Å².